The predicted molar refractivity (Wildman–Crippen MR) is 178 cm³/mol. The molecular weight excluding hydrogens is 582 g/mol. The van der Waals surface area contributed by atoms with E-state index in [1.807, 2.05) is 86.6 Å². The highest BCUT2D eigenvalue weighted by Gasteiger charge is 2.36. The maximum atomic E-state index is 14.6. The molecule has 4 aromatic carbocycles. The average molecular weight is 624 g/mol. The summed E-state index contributed by atoms with van der Waals surface area (Å²) in [5.41, 5.74) is 3.79. The zero-order valence-corrected chi connectivity index (χ0v) is 26.7. The number of nitrogens with one attached hydrogen (secondary N) is 1. The summed E-state index contributed by atoms with van der Waals surface area (Å²) in [6.07, 6.45) is 4.23. The van der Waals surface area contributed by atoms with Crippen LogP contribution < -0.4 is 9.62 Å². The van der Waals surface area contributed by atoms with E-state index in [-0.39, 0.29) is 23.4 Å². The third-order valence-corrected chi connectivity index (χ3v) is 10.2. The van der Waals surface area contributed by atoms with Crippen molar-refractivity contribution in [3.05, 3.63) is 131 Å². The van der Waals surface area contributed by atoms with Gasteiger partial charge >= 0.3 is 0 Å². The monoisotopic (exact) mass is 623 g/mol. The fourth-order valence-corrected chi connectivity index (χ4v) is 7.41. The van der Waals surface area contributed by atoms with Crippen molar-refractivity contribution in [3.63, 3.8) is 0 Å². The molecule has 1 N–H and O–H groups in total. The van der Waals surface area contributed by atoms with Gasteiger partial charge in [-0.25, -0.2) is 8.42 Å². The van der Waals surface area contributed by atoms with E-state index in [0.29, 0.717) is 12.1 Å². The minimum Gasteiger partial charge on any atom is -0.352 e. The lowest BCUT2D eigenvalue weighted by Gasteiger charge is -2.34. The quantitative estimate of drug-likeness (QED) is 0.204. The van der Waals surface area contributed by atoms with E-state index in [4.69, 9.17) is 0 Å². The van der Waals surface area contributed by atoms with Crippen LogP contribution in [0.15, 0.2) is 114 Å². The Morgan fingerprint density at radius 3 is 2.00 bits per heavy atom. The molecule has 1 aliphatic rings. The largest absolute Gasteiger partial charge is 0.352 e. The predicted octanol–water partition coefficient (Wildman–Crippen LogP) is 6.20. The lowest BCUT2D eigenvalue weighted by Crippen LogP contribution is -2.54. The van der Waals surface area contributed by atoms with Crippen LogP contribution in [0, 0.1) is 13.8 Å². The number of aryl methyl sites for hydroxylation is 2. The van der Waals surface area contributed by atoms with Crippen LogP contribution >= 0.6 is 0 Å². The molecule has 4 aromatic rings. The van der Waals surface area contributed by atoms with Crippen molar-refractivity contribution in [1.82, 2.24) is 10.2 Å². The van der Waals surface area contributed by atoms with Gasteiger partial charge in [-0.05, 0) is 67.1 Å². The number of hydrogen-bond acceptors (Lipinski definition) is 4. The molecule has 234 valence electrons. The maximum Gasteiger partial charge on any atom is 0.264 e. The van der Waals surface area contributed by atoms with Crippen LogP contribution in [0.2, 0.25) is 0 Å². The summed E-state index contributed by atoms with van der Waals surface area (Å²) in [5.74, 6) is -0.680. The number of amides is 2. The number of hydrogen-bond donors (Lipinski definition) is 1. The van der Waals surface area contributed by atoms with Gasteiger partial charge in [-0.3, -0.25) is 13.9 Å². The Balaban J connectivity index is 1.57. The first-order chi connectivity index (χ1) is 21.7. The molecule has 1 saturated carbocycles. The first-order valence-corrected chi connectivity index (χ1v) is 17.0. The molecule has 5 rings (SSSR count). The standard InChI is InChI=1S/C37H41N3O4S/c1-28-22-23-29(2)34(24-28)40(45(43,44)33-20-10-5-11-21-33)27-36(41)39(26-31-16-8-4-9-17-31)35(25-30-14-6-3-7-15-30)37(42)38-32-18-12-13-19-32/h3-11,14-17,20-24,32,35H,12-13,18-19,25-27H2,1-2H3,(H,38,42). The van der Waals surface area contributed by atoms with Crippen LogP contribution in [0.1, 0.15) is 47.9 Å². The fraction of sp³-hybridized carbons (Fsp3) is 0.297. The van der Waals surface area contributed by atoms with Crippen LogP contribution in [0.3, 0.4) is 0 Å². The minimum absolute atomic E-state index is 0.0642. The second-order valence-corrected chi connectivity index (χ2v) is 13.7. The van der Waals surface area contributed by atoms with Crippen LogP contribution in [0.25, 0.3) is 0 Å². The molecule has 0 saturated heterocycles. The average Bonchev–Trinajstić information content (AvgIpc) is 3.57. The van der Waals surface area contributed by atoms with E-state index >= 15 is 0 Å². The van der Waals surface area contributed by atoms with E-state index in [1.165, 1.54) is 16.4 Å². The molecule has 0 radical (unpaired) electrons. The Morgan fingerprint density at radius 1 is 0.800 bits per heavy atom. The van der Waals surface area contributed by atoms with Crippen molar-refractivity contribution in [2.24, 2.45) is 0 Å². The van der Waals surface area contributed by atoms with Gasteiger partial charge in [0.1, 0.15) is 12.6 Å². The van der Waals surface area contributed by atoms with Gasteiger partial charge in [0, 0.05) is 19.0 Å². The lowest BCUT2D eigenvalue weighted by molar-refractivity contribution is -0.140. The molecule has 1 unspecified atom stereocenters. The van der Waals surface area contributed by atoms with Gasteiger partial charge in [0.25, 0.3) is 10.0 Å². The molecule has 0 aliphatic heterocycles. The molecule has 0 heterocycles. The van der Waals surface area contributed by atoms with Gasteiger partial charge in [-0.2, -0.15) is 0 Å². The van der Waals surface area contributed by atoms with Gasteiger partial charge in [0.15, 0.2) is 0 Å². The Bertz CT molecular complexity index is 1690. The number of sulfonamides is 1. The minimum atomic E-state index is -4.13. The molecule has 0 spiro atoms. The zero-order chi connectivity index (χ0) is 31.8. The third kappa shape index (κ3) is 8.00. The van der Waals surface area contributed by atoms with Crippen LogP contribution in [0.5, 0.6) is 0 Å². The number of carbonyl (C=O) groups excluding carboxylic acids is 2. The SMILES string of the molecule is Cc1ccc(C)c(N(CC(=O)N(Cc2ccccc2)C(Cc2ccccc2)C(=O)NC2CCCC2)S(=O)(=O)c2ccccc2)c1. The van der Waals surface area contributed by atoms with Crippen molar-refractivity contribution >= 4 is 27.5 Å². The van der Waals surface area contributed by atoms with Crippen molar-refractivity contribution < 1.29 is 18.0 Å². The molecule has 7 nitrogen and oxygen atoms in total. The normalized spacial score (nSPS) is 14.1. The summed E-state index contributed by atoms with van der Waals surface area (Å²) in [6, 6.07) is 32.1. The molecular formula is C37H41N3O4S. The van der Waals surface area contributed by atoms with Gasteiger partial charge in [0.2, 0.25) is 11.8 Å². The van der Waals surface area contributed by atoms with Crippen LogP contribution in [-0.2, 0) is 32.6 Å². The highest BCUT2D eigenvalue weighted by atomic mass is 32.2. The molecule has 0 bridgehead atoms. The number of benzene rings is 4. The second-order valence-electron chi connectivity index (χ2n) is 11.8. The third-order valence-electron chi connectivity index (χ3n) is 8.41. The first-order valence-electron chi connectivity index (χ1n) is 15.5. The molecule has 2 amide bonds. The Labute approximate surface area is 266 Å². The van der Waals surface area contributed by atoms with Gasteiger partial charge in [0.05, 0.1) is 10.6 Å². The molecule has 1 aliphatic carbocycles. The number of anilines is 1. The molecule has 8 heteroatoms. The van der Waals surface area contributed by atoms with E-state index in [9.17, 15) is 18.0 Å². The summed E-state index contributed by atoms with van der Waals surface area (Å²) >= 11 is 0. The van der Waals surface area contributed by atoms with Gasteiger partial charge < -0.3 is 10.2 Å². The lowest BCUT2D eigenvalue weighted by atomic mass is 10.0. The van der Waals surface area contributed by atoms with Crippen LogP contribution in [0.4, 0.5) is 5.69 Å². The Kier molecular flexibility index (Phi) is 10.4. The summed E-state index contributed by atoms with van der Waals surface area (Å²) in [6.45, 7) is 3.42. The zero-order valence-electron chi connectivity index (χ0n) is 25.9. The van der Waals surface area contributed by atoms with Crippen molar-refractivity contribution in [2.75, 3.05) is 10.8 Å². The van der Waals surface area contributed by atoms with Crippen LogP contribution in [-0.4, -0.2) is 43.8 Å². The Morgan fingerprint density at radius 2 is 1.38 bits per heavy atom. The van der Waals surface area contributed by atoms with Gasteiger partial charge in [-0.1, -0.05) is 104 Å². The second kappa shape index (κ2) is 14.6. The molecule has 1 fully saturated rings. The smallest absolute Gasteiger partial charge is 0.264 e. The Hall–Kier alpha value is -4.43. The summed E-state index contributed by atoms with van der Waals surface area (Å²) < 4.78 is 29.6. The van der Waals surface area contributed by atoms with E-state index in [1.54, 1.807) is 29.2 Å². The van der Waals surface area contributed by atoms with E-state index in [0.717, 1.165) is 47.9 Å². The maximum absolute atomic E-state index is 14.6. The number of nitrogens with zero attached hydrogens (tertiary/aromatic N) is 2. The number of carbonyl (C=O) groups is 2. The van der Waals surface area contributed by atoms with Gasteiger partial charge in [-0.15, -0.1) is 0 Å². The fourth-order valence-electron chi connectivity index (χ4n) is 5.92. The van der Waals surface area contributed by atoms with Crippen molar-refractivity contribution in [3.8, 4) is 0 Å². The molecule has 0 aromatic heterocycles. The topological polar surface area (TPSA) is 86.8 Å². The summed E-state index contributed by atoms with van der Waals surface area (Å²) in [5, 5.41) is 3.21. The van der Waals surface area contributed by atoms with E-state index < -0.39 is 28.5 Å². The van der Waals surface area contributed by atoms with Crippen molar-refractivity contribution in [2.45, 2.75) is 69.5 Å². The summed E-state index contributed by atoms with van der Waals surface area (Å²) in [7, 11) is -4.13. The molecule has 45 heavy (non-hydrogen) atoms. The highest BCUT2D eigenvalue weighted by Crippen LogP contribution is 2.29. The van der Waals surface area contributed by atoms with Crippen molar-refractivity contribution in [1.29, 1.82) is 0 Å². The molecule has 1 atom stereocenters. The highest BCUT2D eigenvalue weighted by molar-refractivity contribution is 7.92. The summed E-state index contributed by atoms with van der Waals surface area (Å²) in [4.78, 5) is 30.3. The van der Waals surface area contributed by atoms with E-state index in [2.05, 4.69) is 5.32 Å². The number of rotatable bonds is 12. The first kappa shape index (κ1) is 32.0.